The molecule has 0 radical (unpaired) electrons. The number of aromatic nitrogens is 2. The lowest BCUT2D eigenvalue weighted by Gasteiger charge is -2.39. The van der Waals surface area contributed by atoms with Crippen molar-refractivity contribution in [1.82, 2.24) is 25.1 Å². The van der Waals surface area contributed by atoms with Crippen LogP contribution in [0.25, 0.3) is 0 Å². The van der Waals surface area contributed by atoms with Crippen molar-refractivity contribution in [3.63, 3.8) is 0 Å². The second-order valence-electron chi connectivity index (χ2n) is 8.54. The first-order valence-corrected chi connectivity index (χ1v) is 13.4. The van der Waals surface area contributed by atoms with Gasteiger partial charge in [-0.2, -0.15) is 0 Å². The van der Waals surface area contributed by atoms with E-state index in [2.05, 4.69) is 20.2 Å². The molecule has 2 fully saturated rings. The Bertz CT molecular complexity index is 1090. The van der Waals surface area contributed by atoms with E-state index in [1.807, 2.05) is 50.9 Å². The van der Waals surface area contributed by atoms with E-state index in [1.165, 1.54) is 0 Å². The summed E-state index contributed by atoms with van der Waals surface area (Å²) < 4.78 is 0. The second-order valence-corrected chi connectivity index (χ2v) is 10.5. The summed E-state index contributed by atoms with van der Waals surface area (Å²) in [5.41, 5.74) is 0.487. The third kappa shape index (κ3) is 5.23. The van der Waals surface area contributed by atoms with Crippen molar-refractivity contribution in [3.05, 3.63) is 62.9 Å². The molecule has 0 unspecified atom stereocenters. The van der Waals surface area contributed by atoms with Crippen molar-refractivity contribution in [2.45, 2.75) is 25.3 Å². The first-order chi connectivity index (χ1) is 16.7. The maximum Gasteiger partial charge on any atom is 0.320 e. The quantitative estimate of drug-likeness (QED) is 0.583. The number of carbonyl (C=O) groups is 2. The SMILES string of the molecule is O=C(NCc1cccs1)c1csc(C2CCN(C(=O)N3CCN(c4ccccn4)CC3)CC2)n1. The van der Waals surface area contributed by atoms with Crippen LogP contribution in [0.1, 0.15) is 39.1 Å². The smallest absolute Gasteiger partial charge is 0.320 e. The van der Waals surface area contributed by atoms with E-state index in [1.54, 1.807) is 28.9 Å². The summed E-state index contributed by atoms with van der Waals surface area (Å²) in [5.74, 6) is 1.14. The summed E-state index contributed by atoms with van der Waals surface area (Å²) >= 11 is 3.18. The van der Waals surface area contributed by atoms with Crippen molar-refractivity contribution in [2.24, 2.45) is 0 Å². The molecule has 0 atom stereocenters. The van der Waals surface area contributed by atoms with Gasteiger partial charge in [0.15, 0.2) is 0 Å². The number of rotatable bonds is 5. The predicted octanol–water partition coefficient (Wildman–Crippen LogP) is 3.65. The van der Waals surface area contributed by atoms with Crippen LogP contribution in [0.4, 0.5) is 10.6 Å². The van der Waals surface area contributed by atoms with Gasteiger partial charge in [-0.1, -0.05) is 12.1 Å². The van der Waals surface area contributed by atoms with E-state index in [4.69, 9.17) is 0 Å². The Morgan fingerprint density at radius 1 is 0.971 bits per heavy atom. The second kappa shape index (κ2) is 10.5. The number of urea groups is 1. The first kappa shape index (κ1) is 22.8. The predicted molar refractivity (Wildman–Crippen MR) is 135 cm³/mol. The number of anilines is 1. The zero-order valence-corrected chi connectivity index (χ0v) is 20.6. The Morgan fingerprint density at radius 3 is 2.47 bits per heavy atom. The van der Waals surface area contributed by atoms with E-state index in [0.29, 0.717) is 31.2 Å². The molecule has 5 heterocycles. The molecule has 0 saturated carbocycles. The molecular weight excluding hydrogens is 468 g/mol. The maximum absolute atomic E-state index is 13.1. The van der Waals surface area contributed by atoms with Crippen LogP contribution in [0.2, 0.25) is 0 Å². The molecule has 3 aromatic rings. The van der Waals surface area contributed by atoms with E-state index in [9.17, 15) is 9.59 Å². The van der Waals surface area contributed by atoms with Crippen molar-refractivity contribution in [1.29, 1.82) is 0 Å². The van der Waals surface area contributed by atoms with Gasteiger partial charge in [0.05, 0.1) is 11.6 Å². The average Bonchev–Trinajstić information content (AvgIpc) is 3.60. The maximum atomic E-state index is 13.1. The Morgan fingerprint density at radius 2 is 1.76 bits per heavy atom. The van der Waals surface area contributed by atoms with E-state index in [-0.39, 0.29) is 11.9 Å². The van der Waals surface area contributed by atoms with Crippen molar-refractivity contribution >= 4 is 40.4 Å². The summed E-state index contributed by atoms with van der Waals surface area (Å²) in [6.45, 7) is 5.01. The number of nitrogens with zero attached hydrogens (tertiary/aromatic N) is 5. The van der Waals surface area contributed by atoms with Gasteiger partial charge in [-0.3, -0.25) is 4.79 Å². The van der Waals surface area contributed by atoms with Gasteiger partial charge in [0.2, 0.25) is 0 Å². The molecule has 0 aromatic carbocycles. The first-order valence-electron chi connectivity index (χ1n) is 11.6. The lowest BCUT2D eigenvalue weighted by atomic mass is 9.98. The Hall–Kier alpha value is -2.98. The van der Waals surface area contributed by atoms with E-state index in [0.717, 1.165) is 54.7 Å². The fourth-order valence-corrected chi connectivity index (χ4v) is 6.05. The van der Waals surface area contributed by atoms with Gasteiger partial charge in [0.25, 0.3) is 5.91 Å². The number of likely N-dealkylation sites (tertiary alicyclic amines) is 1. The highest BCUT2D eigenvalue weighted by Crippen LogP contribution is 2.31. The van der Waals surface area contributed by atoms with Gasteiger partial charge in [-0.05, 0) is 36.4 Å². The van der Waals surface area contributed by atoms with Crippen molar-refractivity contribution < 1.29 is 9.59 Å². The number of piperazine rings is 1. The van der Waals surface area contributed by atoms with Crippen LogP contribution < -0.4 is 10.2 Å². The highest BCUT2D eigenvalue weighted by molar-refractivity contribution is 7.10. The standard InChI is InChI=1S/C24H28N6O2S2/c31-22(26-16-19-4-3-15-33-19)20-17-34-23(27-20)18-6-9-29(10-7-18)24(32)30-13-11-28(12-14-30)21-5-1-2-8-25-21/h1-5,8,15,17-18H,6-7,9-14,16H2,(H,26,31). The van der Waals surface area contributed by atoms with Gasteiger partial charge in [0, 0.05) is 61.6 Å². The van der Waals surface area contributed by atoms with Crippen LogP contribution in [0, 0.1) is 0 Å². The molecule has 178 valence electrons. The molecule has 0 aliphatic carbocycles. The number of thiazole rings is 1. The van der Waals surface area contributed by atoms with Crippen LogP contribution >= 0.6 is 22.7 Å². The number of pyridine rings is 1. The largest absolute Gasteiger partial charge is 0.353 e. The zero-order valence-electron chi connectivity index (χ0n) is 18.9. The Labute approximate surface area is 207 Å². The van der Waals surface area contributed by atoms with Crippen molar-refractivity contribution in [3.8, 4) is 0 Å². The third-order valence-electron chi connectivity index (χ3n) is 6.40. The van der Waals surface area contributed by atoms with Gasteiger partial charge in [0.1, 0.15) is 11.5 Å². The van der Waals surface area contributed by atoms with Crippen LogP contribution in [0.5, 0.6) is 0 Å². The zero-order chi connectivity index (χ0) is 23.3. The topological polar surface area (TPSA) is 81.7 Å². The minimum atomic E-state index is -0.131. The number of amides is 3. The van der Waals surface area contributed by atoms with Gasteiger partial charge >= 0.3 is 6.03 Å². The molecular formula is C24H28N6O2S2. The summed E-state index contributed by atoms with van der Waals surface area (Å²) in [6.07, 6.45) is 3.56. The normalized spacial score (nSPS) is 17.1. The molecule has 1 N–H and O–H groups in total. The molecule has 5 rings (SSSR count). The minimum absolute atomic E-state index is 0.131. The number of thiophene rings is 1. The monoisotopic (exact) mass is 496 g/mol. The fourth-order valence-electron chi connectivity index (χ4n) is 4.44. The molecule has 2 saturated heterocycles. The lowest BCUT2D eigenvalue weighted by molar-refractivity contribution is 0.0946. The molecule has 0 bridgehead atoms. The molecule has 3 aromatic heterocycles. The number of hydrogen-bond acceptors (Lipinski definition) is 7. The lowest BCUT2D eigenvalue weighted by Crippen LogP contribution is -2.54. The van der Waals surface area contributed by atoms with E-state index < -0.39 is 0 Å². The summed E-state index contributed by atoms with van der Waals surface area (Å²) in [6, 6.07) is 10.0. The number of hydrogen-bond donors (Lipinski definition) is 1. The molecule has 2 aliphatic rings. The highest BCUT2D eigenvalue weighted by atomic mass is 32.1. The van der Waals surface area contributed by atoms with Crippen LogP contribution in [-0.4, -0.2) is 71.0 Å². The van der Waals surface area contributed by atoms with Gasteiger partial charge in [-0.15, -0.1) is 22.7 Å². The van der Waals surface area contributed by atoms with E-state index >= 15 is 0 Å². The van der Waals surface area contributed by atoms with Gasteiger partial charge in [-0.25, -0.2) is 14.8 Å². The Kier molecular flexibility index (Phi) is 7.05. The summed E-state index contributed by atoms with van der Waals surface area (Å²) in [7, 11) is 0. The molecule has 0 spiro atoms. The van der Waals surface area contributed by atoms with Crippen molar-refractivity contribution in [2.75, 3.05) is 44.2 Å². The minimum Gasteiger partial charge on any atom is -0.353 e. The van der Waals surface area contributed by atoms with Gasteiger partial charge < -0.3 is 20.0 Å². The molecule has 8 nitrogen and oxygen atoms in total. The molecule has 2 aliphatic heterocycles. The number of nitrogens with one attached hydrogen (secondary N) is 1. The highest BCUT2D eigenvalue weighted by Gasteiger charge is 2.30. The fraction of sp³-hybridized carbons (Fsp3) is 0.417. The third-order valence-corrected chi connectivity index (χ3v) is 8.28. The average molecular weight is 497 g/mol. The molecule has 10 heteroatoms. The van der Waals surface area contributed by atoms with Crippen LogP contribution in [0.3, 0.4) is 0 Å². The van der Waals surface area contributed by atoms with Crippen LogP contribution in [-0.2, 0) is 6.54 Å². The Balaban J connectivity index is 1.08. The number of carbonyl (C=O) groups excluding carboxylic acids is 2. The van der Waals surface area contributed by atoms with Crippen LogP contribution in [0.15, 0.2) is 47.3 Å². The molecule has 34 heavy (non-hydrogen) atoms. The number of piperidine rings is 1. The summed E-state index contributed by atoms with van der Waals surface area (Å²) in [4.78, 5) is 41.8. The summed E-state index contributed by atoms with van der Waals surface area (Å²) in [5, 5.41) is 7.78. The molecule has 3 amide bonds.